The number of aromatic nitrogens is 7. The Morgan fingerprint density at radius 2 is 2.00 bits per heavy atom. The zero-order chi connectivity index (χ0) is 20.6. The second-order valence-electron chi connectivity index (χ2n) is 5.84. The average molecular weight is 423 g/mol. The molecule has 1 aromatic carbocycles. The lowest BCUT2D eigenvalue weighted by Crippen LogP contribution is -2.21. The quantitative estimate of drug-likeness (QED) is 0.507. The molecule has 13 heteroatoms. The number of amides is 1. The third-order valence-electron chi connectivity index (χ3n) is 3.86. The lowest BCUT2D eigenvalue weighted by atomic mass is 10.2. The van der Waals surface area contributed by atoms with Crippen LogP contribution in [0.2, 0.25) is 5.28 Å². The average Bonchev–Trinajstić information content (AvgIpc) is 3.28. The van der Waals surface area contributed by atoms with Crippen LogP contribution in [0.15, 0.2) is 42.9 Å². The number of hydrogen-bond donors (Lipinski definition) is 1. The first-order valence-corrected chi connectivity index (χ1v) is 8.41. The lowest BCUT2D eigenvalue weighted by Gasteiger charge is -2.10. The van der Waals surface area contributed by atoms with Crippen LogP contribution in [0.4, 0.5) is 18.9 Å². The van der Waals surface area contributed by atoms with Gasteiger partial charge in [-0.2, -0.15) is 18.3 Å². The van der Waals surface area contributed by atoms with Gasteiger partial charge in [-0.05, 0) is 23.7 Å². The highest BCUT2D eigenvalue weighted by Gasteiger charge is 2.38. The molecule has 4 aromatic rings. The van der Waals surface area contributed by atoms with Gasteiger partial charge in [0, 0.05) is 6.20 Å². The Balaban J connectivity index is 1.53. The van der Waals surface area contributed by atoms with Crippen molar-refractivity contribution >= 4 is 34.2 Å². The van der Waals surface area contributed by atoms with Crippen molar-refractivity contribution < 1.29 is 18.0 Å². The number of hydrogen-bond acceptors (Lipinski definition) is 6. The van der Waals surface area contributed by atoms with Crippen molar-refractivity contribution in [3.63, 3.8) is 0 Å². The monoisotopic (exact) mass is 422 g/mol. The summed E-state index contributed by atoms with van der Waals surface area (Å²) in [7, 11) is 0. The lowest BCUT2D eigenvalue weighted by molar-refractivity contribution is -0.141. The number of nitrogens with zero attached hydrogens (tertiary/aromatic N) is 7. The number of nitrogens with one attached hydrogen (secondary N) is 1. The second-order valence-corrected chi connectivity index (χ2v) is 6.18. The summed E-state index contributed by atoms with van der Waals surface area (Å²) < 4.78 is 42.4. The van der Waals surface area contributed by atoms with E-state index in [1.807, 2.05) is 18.2 Å². The summed E-state index contributed by atoms with van der Waals surface area (Å²) in [5.74, 6) is -1.04. The fraction of sp³-hybridized carbons (Fsp3) is 0.125. The maximum absolute atomic E-state index is 13.1. The second kappa shape index (κ2) is 7.13. The predicted octanol–water partition coefficient (Wildman–Crippen LogP) is 2.85. The SMILES string of the molecule is O=C(Nc1cnn(Cn2nnc3ccccc32)c1)c1cnc(Cl)nc1C(F)(F)F. The summed E-state index contributed by atoms with van der Waals surface area (Å²) >= 11 is 5.42. The molecule has 29 heavy (non-hydrogen) atoms. The Labute approximate surface area is 165 Å². The van der Waals surface area contributed by atoms with Crippen molar-refractivity contribution in [1.29, 1.82) is 0 Å². The molecule has 0 aliphatic carbocycles. The van der Waals surface area contributed by atoms with E-state index in [0.29, 0.717) is 5.52 Å². The molecule has 1 N–H and O–H groups in total. The molecule has 0 bridgehead atoms. The van der Waals surface area contributed by atoms with Gasteiger partial charge < -0.3 is 5.32 Å². The molecule has 3 heterocycles. The van der Waals surface area contributed by atoms with E-state index < -0.39 is 28.6 Å². The first kappa shape index (κ1) is 18.8. The zero-order valence-electron chi connectivity index (χ0n) is 14.3. The number of benzene rings is 1. The van der Waals surface area contributed by atoms with Crippen LogP contribution in [0.25, 0.3) is 11.0 Å². The number of para-hydroxylation sites is 1. The van der Waals surface area contributed by atoms with Crippen LogP contribution in [0.3, 0.4) is 0 Å². The molecule has 0 saturated carbocycles. The van der Waals surface area contributed by atoms with Gasteiger partial charge in [0.25, 0.3) is 5.91 Å². The van der Waals surface area contributed by atoms with Crippen molar-refractivity contribution in [2.75, 3.05) is 5.32 Å². The van der Waals surface area contributed by atoms with Crippen molar-refractivity contribution in [1.82, 2.24) is 34.7 Å². The molecular weight excluding hydrogens is 413 g/mol. The highest BCUT2D eigenvalue weighted by molar-refractivity contribution is 6.28. The summed E-state index contributed by atoms with van der Waals surface area (Å²) in [4.78, 5) is 18.9. The number of alkyl halides is 3. The standard InChI is InChI=1S/C16H10ClF3N8O/c17-15-21-6-10(13(24-15)16(18,19)20)14(29)23-9-5-22-27(7-9)8-28-12-4-2-1-3-11(12)25-26-28/h1-7H,8H2,(H,23,29). The Kier molecular flexibility index (Phi) is 4.62. The number of anilines is 1. The van der Waals surface area contributed by atoms with Crippen LogP contribution in [0.5, 0.6) is 0 Å². The van der Waals surface area contributed by atoms with E-state index in [1.165, 1.54) is 17.1 Å². The van der Waals surface area contributed by atoms with Crippen LogP contribution >= 0.6 is 11.6 Å². The van der Waals surface area contributed by atoms with Crippen LogP contribution < -0.4 is 5.32 Å². The third-order valence-corrected chi connectivity index (χ3v) is 4.04. The van der Waals surface area contributed by atoms with Crippen LogP contribution in [-0.4, -0.2) is 40.6 Å². The van der Waals surface area contributed by atoms with Gasteiger partial charge in [0.2, 0.25) is 5.28 Å². The number of halogens is 4. The van der Waals surface area contributed by atoms with E-state index in [9.17, 15) is 18.0 Å². The Morgan fingerprint density at radius 3 is 2.79 bits per heavy atom. The first-order valence-electron chi connectivity index (χ1n) is 8.03. The van der Waals surface area contributed by atoms with E-state index in [2.05, 4.69) is 30.7 Å². The summed E-state index contributed by atoms with van der Waals surface area (Å²) in [5, 5.41) is 13.8. The third kappa shape index (κ3) is 3.87. The molecule has 9 nitrogen and oxygen atoms in total. The summed E-state index contributed by atoms with van der Waals surface area (Å²) in [6, 6.07) is 7.31. The van der Waals surface area contributed by atoms with E-state index in [4.69, 9.17) is 11.6 Å². The molecule has 0 unspecified atom stereocenters. The maximum Gasteiger partial charge on any atom is 0.434 e. The minimum Gasteiger partial charge on any atom is -0.319 e. The van der Waals surface area contributed by atoms with Gasteiger partial charge in [0.1, 0.15) is 12.2 Å². The minimum absolute atomic E-state index is 0.183. The summed E-state index contributed by atoms with van der Waals surface area (Å²) in [6.07, 6.45) is -1.41. The van der Waals surface area contributed by atoms with Gasteiger partial charge in [0.05, 0.1) is 29.2 Å². The van der Waals surface area contributed by atoms with Crippen molar-refractivity contribution in [2.24, 2.45) is 0 Å². The number of carbonyl (C=O) groups excluding carboxylic acids is 1. The molecule has 0 fully saturated rings. The van der Waals surface area contributed by atoms with Gasteiger partial charge in [-0.3, -0.25) is 4.79 Å². The summed E-state index contributed by atoms with van der Waals surface area (Å²) in [5.41, 5.74) is -0.506. The molecule has 3 aromatic heterocycles. The molecule has 0 aliphatic heterocycles. The molecule has 148 valence electrons. The molecule has 0 radical (unpaired) electrons. The Bertz CT molecular complexity index is 1200. The van der Waals surface area contributed by atoms with E-state index in [1.54, 1.807) is 10.7 Å². The van der Waals surface area contributed by atoms with Crippen LogP contribution in [0.1, 0.15) is 16.1 Å². The molecule has 1 amide bonds. The molecular formula is C16H10ClF3N8O. The van der Waals surface area contributed by atoms with Gasteiger partial charge in [-0.15, -0.1) is 5.10 Å². The Hall–Kier alpha value is -3.54. The molecule has 0 aliphatic rings. The Morgan fingerprint density at radius 1 is 1.21 bits per heavy atom. The number of rotatable bonds is 4. The molecule has 0 atom stereocenters. The van der Waals surface area contributed by atoms with E-state index >= 15 is 0 Å². The van der Waals surface area contributed by atoms with Gasteiger partial charge in [0.15, 0.2) is 5.69 Å². The highest BCUT2D eigenvalue weighted by Crippen LogP contribution is 2.31. The number of carbonyl (C=O) groups is 1. The van der Waals surface area contributed by atoms with E-state index in [0.717, 1.165) is 11.7 Å². The normalized spacial score (nSPS) is 11.7. The topological polar surface area (TPSA) is 103 Å². The fourth-order valence-corrected chi connectivity index (χ4v) is 2.74. The molecule has 4 rings (SSSR count). The van der Waals surface area contributed by atoms with Gasteiger partial charge in [-0.25, -0.2) is 19.3 Å². The van der Waals surface area contributed by atoms with Crippen molar-refractivity contribution in [3.8, 4) is 0 Å². The minimum atomic E-state index is -4.86. The highest BCUT2D eigenvalue weighted by atomic mass is 35.5. The van der Waals surface area contributed by atoms with Gasteiger partial charge >= 0.3 is 6.18 Å². The largest absolute Gasteiger partial charge is 0.434 e. The first-order chi connectivity index (χ1) is 13.8. The van der Waals surface area contributed by atoms with Crippen LogP contribution in [-0.2, 0) is 12.8 Å². The van der Waals surface area contributed by atoms with E-state index in [-0.39, 0.29) is 12.4 Å². The zero-order valence-corrected chi connectivity index (χ0v) is 15.1. The smallest absolute Gasteiger partial charge is 0.319 e. The predicted molar refractivity (Wildman–Crippen MR) is 95.2 cm³/mol. The summed E-state index contributed by atoms with van der Waals surface area (Å²) in [6.45, 7) is 0.189. The maximum atomic E-state index is 13.1. The fourth-order valence-electron chi connectivity index (χ4n) is 2.61. The van der Waals surface area contributed by atoms with Crippen molar-refractivity contribution in [2.45, 2.75) is 12.8 Å². The number of fused-ring (bicyclic) bond motifs is 1. The van der Waals surface area contributed by atoms with Crippen LogP contribution in [0, 0.1) is 0 Å². The van der Waals surface area contributed by atoms with Gasteiger partial charge in [-0.1, -0.05) is 17.3 Å². The molecule has 0 spiro atoms. The van der Waals surface area contributed by atoms with Crippen molar-refractivity contribution in [3.05, 3.63) is 59.4 Å². The molecule has 0 saturated heterocycles.